The second-order valence-corrected chi connectivity index (χ2v) is 11.0. The summed E-state index contributed by atoms with van der Waals surface area (Å²) in [7, 11) is 0. The van der Waals surface area contributed by atoms with Gasteiger partial charge in [-0.25, -0.2) is 4.98 Å². The van der Waals surface area contributed by atoms with Crippen LogP contribution in [-0.2, 0) is 4.79 Å². The molecule has 5 rings (SSSR count). The van der Waals surface area contributed by atoms with Crippen LogP contribution >= 0.6 is 24.0 Å². The van der Waals surface area contributed by atoms with Gasteiger partial charge >= 0.3 is 0 Å². The van der Waals surface area contributed by atoms with Gasteiger partial charge in [-0.1, -0.05) is 25.1 Å². The lowest BCUT2D eigenvalue weighted by Crippen LogP contribution is -2.24. The lowest BCUT2D eigenvalue weighted by molar-refractivity contribution is -0.115. The molecule has 0 saturated carbocycles. The number of oxazole rings is 1. The molecule has 1 aromatic heterocycles. The Balaban J connectivity index is 1.17. The lowest BCUT2D eigenvalue weighted by Gasteiger charge is -2.16. The van der Waals surface area contributed by atoms with Crippen LogP contribution in [0, 0.1) is 0 Å². The quantitative estimate of drug-likeness (QED) is 0.0916. The van der Waals surface area contributed by atoms with Gasteiger partial charge in [0.2, 0.25) is 11.8 Å². The molecule has 1 atom stereocenters. The molecule has 0 aliphatic rings. The van der Waals surface area contributed by atoms with Crippen LogP contribution in [0.1, 0.15) is 30.6 Å². The number of ketones is 1. The van der Waals surface area contributed by atoms with E-state index in [1.165, 1.54) is 18.7 Å². The van der Waals surface area contributed by atoms with Gasteiger partial charge in [0, 0.05) is 33.1 Å². The number of hydrogen-bond donors (Lipinski definition) is 3. The normalized spacial score (nSPS) is 11.6. The summed E-state index contributed by atoms with van der Waals surface area (Å²) in [4.78, 5) is 30.1. The summed E-state index contributed by atoms with van der Waals surface area (Å²) in [5.41, 5.74) is 5.31. The maximum Gasteiger partial charge on any atom is 0.237 e. The zero-order chi connectivity index (χ0) is 28.8. The lowest BCUT2D eigenvalue weighted by atomic mass is 10.1. The van der Waals surface area contributed by atoms with E-state index in [1.54, 1.807) is 12.1 Å². The Labute approximate surface area is 247 Å². The molecule has 0 aliphatic carbocycles. The maximum absolute atomic E-state index is 13.1. The monoisotopic (exact) mass is 580 g/mol. The second-order valence-electron chi connectivity index (χ2n) is 9.31. The molecule has 0 radical (unpaired) electrons. The molecule has 5 aromatic rings. The largest absolute Gasteiger partial charge is 0.436 e. The first-order valence-electron chi connectivity index (χ1n) is 13.1. The molecule has 1 heterocycles. The molecule has 9 heteroatoms. The highest BCUT2D eigenvalue weighted by atomic mass is 32.2. The number of fused-ring (bicyclic) bond motifs is 1. The smallest absolute Gasteiger partial charge is 0.237 e. The van der Waals surface area contributed by atoms with Gasteiger partial charge in [0.1, 0.15) is 5.52 Å². The number of nitrogens with one attached hydrogen (secondary N) is 3. The molecule has 0 saturated heterocycles. The zero-order valence-electron chi connectivity index (χ0n) is 22.5. The van der Waals surface area contributed by atoms with E-state index in [0.29, 0.717) is 28.7 Å². The number of carbonyl (C=O) groups excluding carboxylic acids is 2. The molecule has 0 spiro atoms. The fraction of sp³-hybridized carbons (Fsp3) is 0.125. The number of Topliss-reactive ketones (excluding diaryl/α,β-unsaturated/α-hetero) is 1. The van der Waals surface area contributed by atoms with Crippen molar-refractivity contribution in [2.75, 3.05) is 16.0 Å². The highest BCUT2D eigenvalue weighted by Crippen LogP contribution is 2.30. The minimum atomic E-state index is -0.285. The van der Waals surface area contributed by atoms with Gasteiger partial charge in [-0.3, -0.25) is 9.59 Å². The number of hydrogen-bond acceptors (Lipinski definition) is 6. The average molecular weight is 581 g/mol. The highest BCUT2D eigenvalue weighted by Gasteiger charge is 2.19. The number of carbonyl (C=O) groups is 2. The molecular formula is C32H28N4O3S2. The van der Waals surface area contributed by atoms with Crippen molar-refractivity contribution >= 4 is 68.9 Å². The van der Waals surface area contributed by atoms with Crippen LogP contribution in [0.2, 0.25) is 0 Å². The van der Waals surface area contributed by atoms with Gasteiger partial charge in [0.15, 0.2) is 16.5 Å². The number of nitrogens with zero attached hydrogens (tertiary/aromatic N) is 1. The van der Waals surface area contributed by atoms with E-state index >= 15 is 0 Å². The van der Waals surface area contributed by atoms with E-state index in [9.17, 15) is 9.59 Å². The summed E-state index contributed by atoms with van der Waals surface area (Å²) in [5, 5.41) is 9.47. The average Bonchev–Trinajstić information content (AvgIpc) is 3.41. The highest BCUT2D eigenvalue weighted by molar-refractivity contribution is 8.00. The third-order valence-electron chi connectivity index (χ3n) is 6.28. The molecule has 0 bridgehead atoms. The fourth-order valence-electron chi connectivity index (χ4n) is 4.13. The molecule has 3 N–H and O–H groups in total. The van der Waals surface area contributed by atoms with Gasteiger partial charge < -0.3 is 20.4 Å². The van der Waals surface area contributed by atoms with Gasteiger partial charge in [0.25, 0.3) is 0 Å². The van der Waals surface area contributed by atoms with E-state index in [4.69, 9.17) is 16.6 Å². The zero-order valence-corrected chi connectivity index (χ0v) is 24.1. The molecule has 0 aliphatic heterocycles. The maximum atomic E-state index is 13.1. The van der Waals surface area contributed by atoms with E-state index in [1.807, 2.05) is 91.9 Å². The molecule has 1 amide bonds. The summed E-state index contributed by atoms with van der Waals surface area (Å²) in [6.07, 6.45) is 0.658. The van der Waals surface area contributed by atoms with Crippen molar-refractivity contribution in [3.63, 3.8) is 0 Å². The number of thiocarbonyl (C=S) groups is 1. The fourth-order valence-corrected chi connectivity index (χ4v) is 5.38. The van der Waals surface area contributed by atoms with Crippen molar-refractivity contribution in [2.45, 2.75) is 30.4 Å². The molecule has 0 fully saturated rings. The number of para-hydroxylation sites is 2. The van der Waals surface area contributed by atoms with Crippen molar-refractivity contribution in [1.29, 1.82) is 0 Å². The van der Waals surface area contributed by atoms with E-state index in [2.05, 4.69) is 20.9 Å². The van der Waals surface area contributed by atoms with E-state index in [0.717, 1.165) is 32.9 Å². The Bertz CT molecular complexity index is 1670. The Morgan fingerprint density at radius 2 is 1.54 bits per heavy atom. The predicted octanol–water partition coefficient (Wildman–Crippen LogP) is 8.02. The summed E-state index contributed by atoms with van der Waals surface area (Å²) in [6, 6.07) is 30.0. The molecule has 4 aromatic carbocycles. The van der Waals surface area contributed by atoms with Crippen LogP contribution < -0.4 is 16.0 Å². The first-order valence-corrected chi connectivity index (χ1v) is 14.4. The second kappa shape index (κ2) is 12.8. The minimum Gasteiger partial charge on any atom is -0.436 e. The number of aromatic nitrogens is 1. The Kier molecular flexibility index (Phi) is 8.76. The molecular weight excluding hydrogens is 553 g/mol. The molecule has 41 heavy (non-hydrogen) atoms. The predicted molar refractivity (Wildman–Crippen MR) is 171 cm³/mol. The SMILES string of the molecule is CCC(Sc1cccc(NC(=S)Nc2ccc(C(C)=O)cc2)c1)C(=O)Nc1ccc(-c2nc3ccccc3o2)cc1. The Hall–Kier alpha value is -4.47. The van der Waals surface area contributed by atoms with Gasteiger partial charge in [-0.15, -0.1) is 11.8 Å². The van der Waals surface area contributed by atoms with Crippen molar-refractivity contribution in [3.8, 4) is 11.5 Å². The summed E-state index contributed by atoms with van der Waals surface area (Å²) < 4.78 is 5.84. The van der Waals surface area contributed by atoms with Gasteiger partial charge in [-0.2, -0.15) is 0 Å². The Morgan fingerprint density at radius 3 is 2.24 bits per heavy atom. The van der Waals surface area contributed by atoms with E-state index in [-0.39, 0.29) is 16.9 Å². The van der Waals surface area contributed by atoms with Crippen LogP contribution in [-0.4, -0.2) is 27.0 Å². The number of benzene rings is 4. The summed E-state index contributed by atoms with van der Waals surface area (Å²) in [5.74, 6) is 0.483. The van der Waals surface area contributed by atoms with Gasteiger partial charge in [-0.05, 0) is 104 Å². The molecule has 1 unspecified atom stereocenters. The van der Waals surface area contributed by atoms with Gasteiger partial charge in [0.05, 0.1) is 5.25 Å². The third-order valence-corrected chi connectivity index (χ3v) is 7.84. The number of rotatable bonds is 9. The Morgan fingerprint density at radius 1 is 0.854 bits per heavy atom. The van der Waals surface area contributed by atoms with Crippen LogP contribution in [0.5, 0.6) is 0 Å². The summed E-state index contributed by atoms with van der Waals surface area (Å²) >= 11 is 6.95. The standard InChI is InChI=1S/C32H28N4O3S2/c1-3-29(30(38)33-23-17-13-22(14-18-23)31-36-27-9-4-5-10-28(27)39-31)41-26-8-6-7-25(19-26)35-32(40)34-24-15-11-21(12-16-24)20(2)37/h4-19,29H,3H2,1-2H3,(H,33,38)(H2,34,35,40). The number of amides is 1. The van der Waals surface area contributed by atoms with Crippen molar-refractivity contribution in [2.24, 2.45) is 0 Å². The first-order chi connectivity index (χ1) is 19.9. The molecule has 7 nitrogen and oxygen atoms in total. The number of anilines is 3. The topological polar surface area (TPSA) is 96.3 Å². The number of thioether (sulfide) groups is 1. The van der Waals surface area contributed by atoms with Crippen LogP contribution in [0.4, 0.5) is 17.1 Å². The van der Waals surface area contributed by atoms with Crippen LogP contribution in [0.3, 0.4) is 0 Å². The van der Waals surface area contributed by atoms with E-state index < -0.39 is 0 Å². The van der Waals surface area contributed by atoms with Crippen molar-refractivity contribution in [1.82, 2.24) is 4.98 Å². The summed E-state index contributed by atoms with van der Waals surface area (Å²) in [6.45, 7) is 3.53. The molecule has 206 valence electrons. The van der Waals surface area contributed by atoms with Crippen molar-refractivity contribution in [3.05, 3.63) is 103 Å². The minimum absolute atomic E-state index is 0.0139. The van der Waals surface area contributed by atoms with Crippen LogP contribution in [0.15, 0.2) is 106 Å². The third kappa shape index (κ3) is 7.19. The van der Waals surface area contributed by atoms with Crippen LogP contribution in [0.25, 0.3) is 22.6 Å². The van der Waals surface area contributed by atoms with Crippen molar-refractivity contribution < 1.29 is 14.0 Å². The first kappa shape index (κ1) is 28.1.